The van der Waals surface area contributed by atoms with Crippen LogP contribution in [0.15, 0.2) is 24.4 Å². The first kappa shape index (κ1) is 12.9. The molecule has 0 bridgehead atoms. The number of carboxylic acids is 1. The smallest absolute Gasteiger partial charge is 0.303 e. The van der Waals surface area contributed by atoms with Crippen molar-refractivity contribution in [3.8, 4) is 0 Å². The molecular weight excluding hydrogens is 252 g/mol. The molecule has 2 aromatic rings. The summed E-state index contributed by atoms with van der Waals surface area (Å²) >= 11 is 6.13. The number of rotatable bonds is 4. The number of aromatic nitrogens is 1. The summed E-state index contributed by atoms with van der Waals surface area (Å²) in [6.45, 7) is 0. The summed E-state index contributed by atoms with van der Waals surface area (Å²) < 4.78 is 1.95. The number of halogens is 1. The number of hydrogen-bond acceptors (Lipinski definition) is 2. The lowest BCUT2D eigenvalue weighted by molar-refractivity contribution is -0.137. The Bertz CT molecular complexity index is 592. The maximum absolute atomic E-state index is 10.5. The van der Waals surface area contributed by atoms with Gasteiger partial charge in [0.05, 0.1) is 5.02 Å². The average molecular weight is 267 g/mol. The van der Waals surface area contributed by atoms with Gasteiger partial charge in [-0.2, -0.15) is 0 Å². The Morgan fingerprint density at radius 3 is 2.94 bits per heavy atom. The van der Waals surface area contributed by atoms with E-state index < -0.39 is 5.97 Å². The molecule has 0 saturated heterocycles. The minimum Gasteiger partial charge on any atom is -0.481 e. The molecule has 5 heteroatoms. The topological polar surface area (TPSA) is 68.2 Å². The second-order valence-corrected chi connectivity index (χ2v) is 4.81. The molecule has 0 aliphatic heterocycles. The number of nitrogens with zero attached hydrogens (tertiary/aromatic N) is 1. The van der Waals surface area contributed by atoms with Crippen molar-refractivity contribution in [1.29, 1.82) is 0 Å². The predicted octanol–water partition coefficient (Wildman–Crippen LogP) is 2.70. The van der Waals surface area contributed by atoms with Crippen LogP contribution in [0, 0.1) is 0 Å². The second kappa shape index (κ2) is 5.00. The summed E-state index contributed by atoms with van der Waals surface area (Å²) in [6.07, 6.45) is 2.34. The first-order chi connectivity index (χ1) is 8.49. The van der Waals surface area contributed by atoms with Crippen molar-refractivity contribution in [2.75, 3.05) is 0 Å². The molecule has 96 valence electrons. The van der Waals surface area contributed by atoms with Crippen LogP contribution >= 0.6 is 11.6 Å². The average Bonchev–Trinajstić information content (AvgIpc) is 2.61. The van der Waals surface area contributed by atoms with Gasteiger partial charge in [-0.3, -0.25) is 4.79 Å². The highest BCUT2D eigenvalue weighted by atomic mass is 35.5. The number of aliphatic carboxylic acids is 1. The van der Waals surface area contributed by atoms with Gasteiger partial charge in [0.25, 0.3) is 0 Å². The van der Waals surface area contributed by atoms with E-state index in [-0.39, 0.29) is 12.5 Å². The third-order valence-electron chi connectivity index (χ3n) is 3.06. The van der Waals surface area contributed by atoms with Crippen LogP contribution in [0.3, 0.4) is 0 Å². The fraction of sp³-hybridized carbons (Fsp3) is 0.308. The molecule has 4 nitrogen and oxygen atoms in total. The number of carboxylic acid groups (broad SMARTS) is 1. The van der Waals surface area contributed by atoms with Gasteiger partial charge in [0.2, 0.25) is 0 Å². The van der Waals surface area contributed by atoms with E-state index in [2.05, 4.69) is 0 Å². The van der Waals surface area contributed by atoms with Gasteiger partial charge in [0.15, 0.2) is 0 Å². The minimum atomic E-state index is -0.829. The predicted molar refractivity (Wildman–Crippen MR) is 71.7 cm³/mol. The van der Waals surface area contributed by atoms with Crippen LogP contribution in [-0.2, 0) is 11.8 Å². The van der Waals surface area contributed by atoms with Gasteiger partial charge in [-0.15, -0.1) is 0 Å². The molecule has 0 aliphatic carbocycles. The van der Waals surface area contributed by atoms with E-state index in [1.165, 1.54) is 0 Å². The highest BCUT2D eigenvalue weighted by Gasteiger charge is 2.11. The van der Waals surface area contributed by atoms with E-state index in [4.69, 9.17) is 22.4 Å². The SMILES string of the molecule is Cn1cc(Cl)c2cc(C(N)CCC(=O)O)ccc21. The van der Waals surface area contributed by atoms with Crippen LogP contribution in [0.1, 0.15) is 24.4 Å². The van der Waals surface area contributed by atoms with Crippen LogP contribution in [0.4, 0.5) is 0 Å². The first-order valence-corrected chi connectivity index (χ1v) is 6.08. The number of hydrogen-bond donors (Lipinski definition) is 2. The number of aryl methyl sites for hydroxylation is 1. The molecule has 1 heterocycles. The summed E-state index contributed by atoms with van der Waals surface area (Å²) in [4.78, 5) is 10.5. The summed E-state index contributed by atoms with van der Waals surface area (Å²) in [5.41, 5.74) is 7.93. The second-order valence-electron chi connectivity index (χ2n) is 4.40. The number of fused-ring (bicyclic) bond motifs is 1. The third kappa shape index (κ3) is 2.49. The number of carbonyl (C=O) groups is 1. The van der Waals surface area contributed by atoms with E-state index in [1.54, 1.807) is 0 Å². The van der Waals surface area contributed by atoms with Crippen molar-refractivity contribution < 1.29 is 9.90 Å². The lowest BCUT2D eigenvalue weighted by Crippen LogP contribution is -2.12. The van der Waals surface area contributed by atoms with Gasteiger partial charge < -0.3 is 15.4 Å². The monoisotopic (exact) mass is 266 g/mol. The Morgan fingerprint density at radius 2 is 2.28 bits per heavy atom. The number of benzene rings is 1. The Labute approximate surface area is 110 Å². The van der Waals surface area contributed by atoms with Crippen molar-refractivity contribution in [3.63, 3.8) is 0 Å². The van der Waals surface area contributed by atoms with E-state index in [0.29, 0.717) is 11.4 Å². The van der Waals surface area contributed by atoms with Crippen molar-refractivity contribution >= 4 is 28.5 Å². The molecule has 0 spiro atoms. The molecule has 2 rings (SSSR count). The van der Waals surface area contributed by atoms with Crippen LogP contribution in [-0.4, -0.2) is 15.6 Å². The fourth-order valence-electron chi connectivity index (χ4n) is 2.04. The largest absolute Gasteiger partial charge is 0.481 e. The van der Waals surface area contributed by atoms with Gasteiger partial charge >= 0.3 is 5.97 Å². The molecule has 18 heavy (non-hydrogen) atoms. The third-order valence-corrected chi connectivity index (χ3v) is 3.36. The van der Waals surface area contributed by atoms with Crippen LogP contribution < -0.4 is 5.73 Å². The number of nitrogens with two attached hydrogens (primary N) is 1. The van der Waals surface area contributed by atoms with E-state index in [9.17, 15) is 4.79 Å². The fourth-order valence-corrected chi connectivity index (χ4v) is 2.34. The Kier molecular flexibility index (Phi) is 3.59. The standard InChI is InChI=1S/C13H15ClN2O2/c1-16-7-10(14)9-6-8(2-4-12(9)16)11(15)3-5-13(17)18/h2,4,6-7,11H,3,5,15H2,1H3,(H,17,18). The molecule has 0 radical (unpaired) electrons. The van der Waals surface area contributed by atoms with Crippen molar-refractivity contribution in [3.05, 3.63) is 35.0 Å². The quantitative estimate of drug-likeness (QED) is 0.894. The highest BCUT2D eigenvalue weighted by Crippen LogP contribution is 2.28. The van der Waals surface area contributed by atoms with Crippen LogP contribution in [0.2, 0.25) is 5.02 Å². The maximum Gasteiger partial charge on any atom is 0.303 e. The van der Waals surface area contributed by atoms with E-state index >= 15 is 0 Å². The Hall–Kier alpha value is -1.52. The summed E-state index contributed by atoms with van der Waals surface area (Å²) in [5, 5.41) is 10.3. The molecule has 0 saturated carbocycles. The van der Waals surface area contributed by atoms with Crippen LogP contribution in [0.25, 0.3) is 10.9 Å². The highest BCUT2D eigenvalue weighted by molar-refractivity contribution is 6.35. The molecule has 3 N–H and O–H groups in total. The molecule has 1 aromatic heterocycles. The lowest BCUT2D eigenvalue weighted by Gasteiger charge is -2.11. The van der Waals surface area contributed by atoms with Gasteiger partial charge in [0, 0.05) is 36.6 Å². The zero-order valence-electron chi connectivity index (χ0n) is 10.1. The zero-order valence-corrected chi connectivity index (χ0v) is 10.8. The summed E-state index contributed by atoms with van der Waals surface area (Å²) in [6, 6.07) is 5.54. The van der Waals surface area contributed by atoms with Crippen LogP contribution in [0.5, 0.6) is 0 Å². The molecule has 0 amide bonds. The van der Waals surface area contributed by atoms with Gasteiger partial charge in [-0.1, -0.05) is 17.7 Å². The van der Waals surface area contributed by atoms with Gasteiger partial charge in [-0.05, 0) is 24.1 Å². The van der Waals surface area contributed by atoms with E-state index in [1.807, 2.05) is 36.0 Å². The normalized spacial score (nSPS) is 12.8. The minimum absolute atomic E-state index is 0.0712. The molecule has 1 aromatic carbocycles. The maximum atomic E-state index is 10.5. The molecule has 0 fully saturated rings. The van der Waals surface area contributed by atoms with Crippen molar-refractivity contribution in [2.24, 2.45) is 12.8 Å². The summed E-state index contributed by atoms with van der Waals surface area (Å²) in [5.74, 6) is -0.829. The van der Waals surface area contributed by atoms with E-state index in [0.717, 1.165) is 16.5 Å². The summed E-state index contributed by atoms with van der Waals surface area (Å²) in [7, 11) is 1.93. The van der Waals surface area contributed by atoms with Gasteiger partial charge in [0.1, 0.15) is 0 Å². The first-order valence-electron chi connectivity index (χ1n) is 5.71. The molecular formula is C13H15ClN2O2. The molecule has 1 unspecified atom stereocenters. The lowest BCUT2D eigenvalue weighted by atomic mass is 10.0. The Balaban J connectivity index is 2.29. The Morgan fingerprint density at radius 1 is 1.56 bits per heavy atom. The molecule has 0 aliphatic rings. The zero-order chi connectivity index (χ0) is 13.3. The van der Waals surface area contributed by atoms with Gasteiger partial charge in [-0.25, -0.2) is 0 Å². The van der Waals surface area contributed by atoms with Crippen molar-refractivity contribution in [2.45, 2.75) is 18.9 Å². The van der Waals surface area contributed by atoms with Crippen molar-refractivity contribution in [1.82, 2.24) is 4.57 Å². The molecule has 1 atom stereocenters.